The van der Waals surface area contributed by atoms with Crippen LogP contribution in [0.3, 0.4) is 0 Å². The molecule has 0 aromatic carbocycles. The summed E-state index contributed by atoms with van der Waals surface area (Å²) in [5.41, 5.74) is 0.173. The number of nitrogens with zero attached hydrogens (tertiary/aromatic N) is 1. The van der Waals surface area contributed by atoms with Crippen molar-refractivity contribution in [3.63, 3.8) is 0 Å². The summed E-state index contributed by atoms with van der Waals surface area (Å²) in [5.74, 6) is 0.169. The normalized spacial score (nSPS) is 26.9. The molecule has 0 aromatic rings. The first-order valence-electron chi connectivity index (χ1n) is 4.91. The van der Waals surface area contributed by atoms with Gasteiger partial charge in [-0.3, -0.25) is 4.79 Å². The average molecular weight is 184 g/mol. The minimum atomic E-state index is 0.169. The van der Waals surface area contributed by atoms with Crippen LogP contribution in [0.25, 0.3) is 0 Å². The summed E-state index contributed by atoms with van der Waals surface area (Å²) >= 11 is 0. The zero-order chi connectivity index (χ0) is 10.1. The Balaban J connectivity index is 2.56. The van der Waals surface area contributed by atoms with Crippen molar-refractivity contribution >= 4 is 5.91 Å². The van der Waals surface area contributed by atoms with Gasteiger partial charge in [-0.1, -0.05) is 0 Å². The molecule has 0 unspecified atom stereocenters. The molecule has 1 aliphatic heterocycles. The smallest absolute Gasteiger partial charge is 0.219 e. The van der Waals surface area contributed by atoms with Gasteiger partial charge in [-0.05, 0) is 33.2 Å². The minimum absolute atomic E-state index is 0.169. The van der Waals surface area contributed by atoms with Crippen molar-refractivity contribution in [3.05, 3.63) is 0 Å². The van der Waals surface area contributed by atoms with Gasteiger partial charge in [0.05, 0.1) is 0 Å². The van der Waals surface area contributed by atoms with E-state index in [1.54, 1.807) is 6.92 Å². The summed E-state index contributed by atoms with van der Waals surface area (Å²) < 4.78 is 0. The number of nitrogens with one attached hydrogen (secondary N) is 1. The molecule has 0 bridgehead atoms. The predicted octanol–water partition coefficient (Wildman–Crippen LogP) is 0.995. The molecule has 3 heteroatoms. The van der Waals surface area contributed by atoms with Gasteiger partial charge in [-0.2, -0.15) is 0 Å². The summed E-state index contributed by atoms with van der Waals surface area (Å²) in [4.78, 5) is 13.0. The second-order valence-corrected chi connectivity index (χ2v) is 4.59. The van der Waals surface area contributed by atoms with Gasteiger partial charge in [0.2, 0.25) is 5.91 Å². The Bertz CT molecular complexity index is 201. The van der Waals surface area contributed by atoms with E-state index in [2.05, 4.69) is 19.2 Å². The average Bonchev–Trinajstić information content (AvgIpc) is 2.01. The van der Waals surface area contributed by atoms with E-state index in [-0.39, 0.29) is 11.4 Å². The molecular weight excluding hydrogens is 164 g/mol. The van der Waals surface area contributed by atoms with Crippen LogP contribution in [0.15, 0.2) is 0 Å². The van der Waals surface area contributed by atoms with Crippen LogP contribution in [-0.4, -0.2) is 36.0 Å². The van der Waals surface area contributed by atoms with Crippen molar-refractivity contribution < 1.29 is 4.79 Å². The lowest BCUT2D eigenvalue weighted by molar-refractivity contribution is -0.130. The second kappa shape index (κ2) is 3.66. The first-order chi connectivity index (χ1) is 5.92. The highest BCUT2D eigenvalue weighted by atomic mass is 16.2. The van der Waals surface area contributed by atoms with E-state index in [1.165, 1.54) is 0 Å². The molecule has 1 atom stereocenters. The molecule has 76 valence electrons. The fraction of sp³-hybridized carbons (Fsp3) is 0.900. The fourth-order valence-electron chi connectivity index (χ4n) is 1.93. The number of amides is 1. The number of carbonyl (C=O) groups excluding carboxylic acids is 1. The van der Waals surface area contributed by atoms with Crippen molar-refractivity contribution in [2.24, 2.45) is 0 Å². The van der Waals surface area contributed by atoms with Crippen LogP contribution in [0, 0.1) is 0 Å². The van der Waals surface area contributed by atoms with Gasteiger partial charge in [0.15, 0.2) is 0 Å². The molecule has 1 aliphatic rings. The number of rotatable bonds is 1. The molecule has 1 saturated heterocycles. The van der Waals surface area contributed by atoms with E-state index in [1.807, 2.05) is 11.9 Å². The third kappa shape index (κ3) is 2.69. The van der Waals surface area contributed by atoms with Crippen molar-refractivity contribution in [2.75, 3.05) is 13.6 Å². The SMILES string of the molecule is CC(=O)N(C)[C@H]1CCNC(C)(C)C1. The number of piperidine rings is 1. The molecular formula is C10H20N2O. The Morgan fingerprint density at radius 3 is 2.62 bits per heavy atom. The monoisotopic (exact) mass is 184 g/mol. The summed E-state index contributed by atoms with van der Waals surface area (Å²) in [5, 5.41) is 3.44. The molecule has 0 spiro atoms. The predicted molar refractivity (Wildman–Crippen MR) is 53.5 cm³/mol. The van der Waals surface area contributed by atoms with Gasteiger partial charge < -0.3 is 10.2 Å². The highest BCUT2D eigenvalue weighted by Gasteiger charge is 2.30. The quantitative estimate of drug-likeness (QED) is 0.659. The van der Waals surface area contributed by atoms with Gasteiger partial charge >= 0.3 is 0 Å². The minimum Gasteiger partial charge on any atom is -0.343 e. The highest BCUT2D eigenvalue weighted by Crippen LogP contribution is 2.21. The summed E-state index contributed by atoms with van der Waals surface area (Å²) in [6, 6.07) is 0.411. The highest BCUT2D eigenvalue weighted by molar-refractivity contribution is 5.73. The Morgan fingerprint density at radius 2 is 2.15 bits per heavy atom. The molecule has 1 amide bonds. The Hall–Kier alpha value is -0.570. The molecule has 1 rings (SSSR count). The third-order valence-electron chi connectivity index (χ3n) is 2.87. The third-order valence-corrected chi connectivity index (χ3v) is 2.87. The van der Waals surface area contributed by atoms with E-state index in [0.29, 0.717) is 6.04 Å². The molecule has 13 heavy (non-hydrogen) atoms. The maximum absolute atomic E-state index is 11.2. The fourth-order valence-corrected chi connectivity index (χ4v) is 1.93. The molecule has 0 aromatic heterocycles. The standard InChI is InChI=1S/C10H20N2O/c1-8(13)12(4)9-5-6-11-10(2,3)7-9/h9,11H,5-7H2,1-4H3/t9-/m0/s1. The molecule has 0 aliphatic carbocycles. The lowest BCUT2D eigenvalue weighted by Crippen LogP contribution is -2.53. The number of hydrogen-bond acceptors (Lipinski definition) is 2. The lowest BCUT2D eigenvalue weighted by atomic mass is 9.88. The molecule has 1 heterocycles. The van der Waals surface area contributed by atoms with E-state index in [0.717, 1.165) is 19.4 Å². The molecule has 0 saturated carbocycles. The van der Waals surface area contributed by atoms with Crippen LogP contribution in [-0.2, 0) is 4.79 Å². The van der Waals surface area contributed by atoms with E-state index in [9.17, 15) is 4.79 Å². The molecule has 1 N–H and O–H groups in total. The van der Waals surface area contributed by atoms with Gasteiger partial charge in [0, 0.05) is 25.6 Å². The summed E-state index contributed by atoms with van der Waals surface area (Å²) in [7, 11) is 1.90. The number of carbonyl (C=O) groups is 1. The molecule has 0 radical (unpaired) electrons. The van der Waals surface area contributed by atoms with Gasteiger partial charge in [0.25, 0.3) is 0 Å². The summed E-state index contributed by atoms with van der Waals surface area (Å²) in [6.45, 7) is 7.02. The Labute approximate surface area is 80.5 Å². The molecule has 1 fully saturated rings. The van der Waals surface area contributed by atoms with Crippen LogP contribution in [0.4, 0.5) is 0 Å². The largest absolute Gasteiger partial charge is 0.343 e. The van der Waals surface area contributed by atoms with Crippen LogP contribution in [0.5, 0.6) is 0 Å². The van der Waals surface area contributed by atoms with E-state index < -0.39 is 0 Å². The van der Waals surface area contributed by atoms with Crippen LogP contribution >= 0.6 is 0 Å². The lowest BCUT2D eigenvalue weighted by Gasteiger charge is -2.40. The van der Waals surface area contributed by atoms with Crippen LogP contribution < -0.4 is 5.32 Å². The maximum Gasteiger partial charge on any atom is 0.219 e. The first kappa shape index (κ1) is 10.5. The van der Waals surface area contributed by atoms with E-state index >= 15 is 0 Å². The topological polar surface area (TPSA) is 32.3 Å². The molecule has 3 nitrogen and oxygen atoms in total. The Kier molecular flexibility index (Phi) is 2.96. The van der Waals surface area contributed by atoms with Gasteiger partial charge in [0.1, 0.15) is 0 Å². The van der Waals surface area contributed by atoms with Crippen molar-refractivity contribution in [2.45, 2.75) is 45.2 Å². The summed E-state index contributed by atoms with van der Waals surface area (Å²) in [6.07, 6.45) is 2.11. The zero-order valence-corrected chi connectivity index (χ0v) is 9.05. The van der Waals surface area contributed by atoms with Crippen molar-refractivity contribution in [1.82, 2.24) is 10.2 Å². The van der Waals surface area contributed by atoms with Crippen molar-refractivity contribution in [1.29, 1.82) is 0 Å². The van der Waals surface area contributed by atoms with Gasteiger partial charge in [-0.25, -0.2) is 0 Å². The number of hydrogen-bond donors (Lipinski definition) is 1. The maximum atomic E-state index is 11.2. The van der Waals surface area contributed by atoms with Crippen molar-refractivity contribution in [3.8, 4) is 0 Å². The van der Waals surface area contributed by atoms with Gasteiger partial charge in [-0.15, -0.1) is 0 Å². The second-order valence-electron chi connectivity index (χ2n) is 4.59. The zero-order valence-electron chi connectivity index (χ0n) is 9.05. The van der Waals surface area contributed by atoms with Crippen LogP contribution in [0.1, 0.15) is 33.6 Å². The first-order valence-corrected chi connectivity index (χ1v) is 4.91. The Morgan fingerprint density at radius 1 is 1.54 bits per heavy atom. The van der Waals surface area contributed by atoms with E-state index in [4.69, 9.17) is 0 Å². The van der Waals surface area contributed by atoms with Crippen LogP contribution in [0.2, 0.25) is 0 Å².